The van der Waals surface area contributed by atoms with Gasteiger partial charge in [0.05, 0.1) is 23.7 Å². The predicted octanol–water partition coefficient (Wildman–Crippen LogP) is 16.2. The molecular weight excluding hydrogens is 1020 g/mol. The van der Waals surface area contributed by atoms with E-state index in [-0.39, 0.29) is 21.1 Å². The van der Waals surface area contributed by atoms with Crippen LogP contribution < -0.4 is 14.7 Å². The fourth-order valence-corrected chi connectivity index (χ4v) is 10.0. The van der Waals surface area contributed by atoms with Gasteiger partial charge in [-0.25, -0.2) is 4.98 Å². The van der Waals surface area contributed by atoms with E-state index >= 15 is 0 Å². The van der Waals surface area contributed by atoms with Gasteiger partial charge in [-0.1, -0.05) is 186 Å². The molecule has 6 heteroatoms. The zero-order chi connectivity index (χ0) is 45.6. The minimum Gasteiger partial charge on any atom is -0.357 e. The first kappa shape index (κ1) is 43.6. The van der Waals surface area contributed by atoms with Gasteiger partial charge in [-0.2, -0.15) is 12.1 Å². The third-order valence-corrected chi connectivity index (χ3v) is 13.2. The van der Waals surface area contributed by atoms with Crippen LogP contribution in [0, 0.1) is 12.1 Å². The van der Waals surface area contributed by atoms with Crippen LogP contribution in [0.15, 0.2) is 231 Å². The number of para-hydroxylation sites is 4. The molecule has 0 fully saturated rings. The number of pyridine rings is 1. The Bertz CT molecular complexity index is 3550. The van der Waals surface area contributed by atoms with Crippen molar-refractivity contribution in [3.63, 3.8) is 0 Å². The molecule has 0 spiro atoms. The molecule has 3 heterocycles. The average Bonchev–Trinajstić information content (AvgIpc) is 3.96. The molecule has 2 aromatic heterocycles. The molecule has 334 valence electrons. The third kappa shape index (κ3) is 7.89. The summed E-state index contributed by atoms with van der Waals surface area (Å²) in [6, 6.07) is 88.4. The van der Waals surface area contributed by atoms with Crippen molar-refractivity contribution in [2.24, 2.45) is 0 Å². The van der Waals surface area contributed by atoms with E-state index in [0.29, 0.717) is 6.04 Å². The van der Waals surface area contributed by atoms with Crippen LogP contribution in [0.25, 0.3) is 72.1 Å². The Hall–Kier alpha value is -7.98. The molecule has 12 rings (SSSR count). The second kappa shape index (κ2) is 18.6. The summed E-state index contributed by atoms with van der Waals surface area (Å²) in [5, 5.41) is 2.24. The Kier molecular flexibility index (Phi) is 11.7. The molecular formula is C63H47N5Pt. The number of rotatable bonds is 10. The van der Waals surface area contributed by atoms with E-state index < -0.39 is 0 Å². The Morgan fingerprint density at radius 3 is 1.71 bits per heavy atom. The van der Waals surface area contributed by atoms with Gasteiger partial charge in [-0.05, 0) is 82.9 Å². The van der Waals surface area contributed by atoms with Gasteiger partial charge in [0.2, 0.25) is 0 Å². The SMILES string of the molecule is CC(C)N1CN(c2[c-]c(N(c3[c-]c4c(cc3)c3ccccc3n4-c3cc(-c4ccccc4-c4ccccc4)ccn3)c3c(-c4ccccc4)cccc3-c3ccccc3)ccc2)c2ccccc21.[Pt+2]. The molecule has 69 heavy (non-hydrogen) atoms. The number of aromatic nitrogens is 2. The maximum Gasteiger partial charge on any atom is 2.00 e. The fraction of sp³-hybridized carbons (Fsp3) is 0.0635. The van der Waals surface area contributed by atoms with Crippen molar-refractivity contribution in [2.75, 3.05) is 21.4 Å². The number of nitrogens with zero attached hydrogens (tertiary/aromatic N) is 5. The van der Waals surface area contributed by atoms with Crippen LogP contribution in [0.3, 0.4) is 0 Å². The number of hydrogen-bond acceptors (Lipinski definition) is 4. The Morgan fingerprint density at radius 2 is 1.03 bits per heavy atom. The second-order valence-corrected chi connectivity index (χ2v) is 17.6. The van der Waals surface area contributed by atoms with Gasteiger partial charge in [0.1, 0.15) is 5.82 Å². The summed E-state index contributed by atoms with van der Waals surface area (Å²) in [6.07, 6.45) is 1.93. The molecule has 0 saturated heterocycles. The first-order valence-electron chi connectivity index (χ1n) is 23.4. The molecule has 0 bridgehead atoms. The van der Waals surface area contributed by atoms with E-state index in [1.54, 1.807) is 0 Å². The van der Waals surface area contributed by atoms with Crippen LogP contribution in [-0.2, 0) is 21.1 Å². The van der Waals surface area contributed by atoms with Gasteiger partial charge in [0.25, 0.3) is 0 Å². The molecule has 0 N–H and O–H groups in total. The Balaban J connectivity index is 0.00000520. The van der Waals surface area contributed by atoms with E-state index in [4.69, 9.17) is 4.98 Å². The van der Waals surface area contributed by atoms with E-state index in [0.717, 1.165) is 90.4 Å². The smallest absolute Gasteiger partial charge is 0.357 e. The summed E-state index contributed by atoms with van der Waals surface area (Å²) in [5.41, 5.74) is 17.3. The van der Waals surface area contributed by atoms with Crippen LogP contribution in [0.5, 0.6) is 0 Å². The summed E-state index contributed by atoms with van der Waals surface area (Å²) >= 11 is 0. The van der Waals surface area contributed by atoms with E-state index in [2.05, 4.69) is 270 Å². The first-order valence-corrected chi connectivity index (χ1v) is 23.4. The average molecular weight is 1070 g/mol. The van der Waals surface area contributed by atoms with E-state index in [1.165, 1.54) is 22.5 Å². The zero-order valence-corrected chi connectivity index (χ0v) is 40.5. The summed E-state index contributed by atoms with van der Waals surface area (Å²) in [4.78, 5) is 12.3. The molecule has 0 atom stereocenters. The van der Waals surface area contributed by atoms with E-state index in [9.17, 15) is 0 Å². The number of benzene rings is 9. The van der Waals surface area contributed by atoms with Crippen LogP contribution in [0.1, 0.15) is 13.8 Å². The zero-order valence-electron chi connectivity index (χ0n) is 38.3. The number of anilines is 6. The Morgan fingerprint density at radius 1 is 0.478 bits per heavy atom. The molecule has 0 unspecified atom stereocenters. The summed E-state index contributed by atoms with van der Waals surface area (Å²) in [7, 11) is 0. The predicted molar refractivity (Wildman–Crippen MR) is 284 cm³/mol. The first-order chi connectivity index (χ1) is 33.6. The standard InChI is InChI=1S/C63H47N5.Pt/c1-44(2)65-43-66(60-35-17-16-34-59(60)65)49-26-18-27-50(41-49)67(63-54(46-22-8-4-9-23-46)31-19-32-55(63)47-24-10-5-11-25-47)51-36-37-57-56-30-14-15-33-58(56)68(61(57)42-51)62-40-48(38-39-64-62)53-29-13-12-28-52(53)45-20-6-3-7-21-45;/h3-40,44H,43H2,1-2H3;/q-2;+2. The van der Waals surface area contributed by atoms with Crippen molar-refractivity contribution in [3.8, 4) is 50.3 Å². The fourth-order valence-electron chi connectivity index (χ4n) is 10.0. The third-order valence-electron chi connectivity index (χ3n) is 13.2. The van der Waals surface area contributed by atoms with Crippen molar-refractivity contribution >= 4 is 55.9 Å². The van der Waals surface area contributed by atoms with Crippen molar-refractivity contribution in [2.45, 2.75) is 19.9 Å². The monoisotopic (exact) mass is 1070 g/mol. The molecule has 9 aromatic carbocycles. The van der Waals surface area contributed by atoms with Gasteiger partial charge in [-0.15, -0.1) is 35.7 Å². The van der Waals surface area contributed by atoms with Gasteiger partial charge < -0.3 is 19.3 Å². The normalized spacial score (nSPS) is 12.1. The maximum absolute atomic E-state index is 5.11. The molecule has 1 aliphatic rings. The molecule has 0 aliphatic carbocycles. The molecule has 5 nitrogen and oxygen atoms in total. The minimum absolute atomic E-state index is 0. The number of fused-ring (bicyclic) bond motifs is 4. The molecule has 11 aromatic rings. The molecule has 0 saturated carbocycles. The second-order valence-electron chi connectivity index (χ2n) is 17.6. The van der Waals surface area contributed by atoms with Crippen LogP contribution in [-0.4, -0.2) is 22.3 Å². The quantitative estimate of drug-likeness (QED) is 0.128. The Labute approximate surface area is 418 Å². The molecule has 0 amide bonds. The topological polar surface area (TPSA) is 27.5 Å². The van der Waals surface area contributed by atoms with Crippen molar-refractivity contribution < 1.29 is 21.1 Å². The van der Waals surface area contributed by atoms with Crippen LogP contribution in [0.4, 0.5) is 34.1 Å². The summed E-state index contributed by atoms with van der Waals surface area (Å²) < 4.78 is 2.28. The largest absolute Gasteiger partial charge is 2.00 e. The van der Waals surface area contributed by atoms with Gasteiger partial charge in [0, 0.05) is 28.9 Å². The van der Waals surface area contributed by atoms with Crippen molar-refractivity contribution in [1.29, 1.82) is 0 Å². The van der Waals surface area contributed by atoms with Crippen LogP contribution in [0.2, 0.25) is 0 Å². The van der Waals surface area contributed by atoms with Gasteiger partial charge in [0.15, 0.2) is 0 Å². The van der Waals surface area contributed by atoms with E-state index in [1.807, 2.05) is 6.20 Å². The molecule has 0 radical (unpaired) electrons. The maximum atomic E-state index is 5.11. The van der Waals surface area contributed by atoms with Crippen LogP contribution >= 0.6 is 0 Å². The molecule has 1 aliphatic heterocycles. The van der Waals surface area contributed by atoms with Crippen molar-refractivity contribution in [1.82, 2.24) is 9.55 Å². The van der Waals surface area contributed by atoms with Crippen molar-refractivity contribution in [3.05, 3.63) is 243 Å². The van der Waals surface area contributed by atoms with Gasteiger partial charge >= 0.3 is 21.1 Å². The van der Waals surface area contributed by atoms with Gasteiger partial charge in [-0.3, -0.25) is 0 Å². The number of hydrogen-bond donors (Lipinski definition) is 0. The minimum atomic E-state index is 0. The summed E-state index contributed by atoms with van der Waals surface area (Å²) in [6.45, 7) is 5.25. The summed E-state index contributed by atoms with van der Waals surface area (Å²) in [5.74, 6) is 0.821.